The van der Waals surface area contributed by atoms with Gasteiger partial charge in [-0.25, -0.2) is 0 Å². The van der Waals surface area contributed by atoms with Gasteiger partial charge in [0.05, 0.1) is 10.8 Å². The van der Waals surface area contributed by atoms with Gasteiger partial charge >= 0.3 is 11.9 Å². The second-order valence-corrected chi connectivity index (χ2v) is 9.00. The predicted octanol–water partition coefficient (Wildman–Crippen LogP) is 5.94. The third-order valence-corrected chi connectivity index (χ3v) is 5.28. The van der Waals surface area contributed by atoms with Gasteiger partial charge in [-0.05, 0) is 71.2 Å². The number of carbonyl (C=O) groups is 2. The number of rotatable bonds is 12. The minimum atomic E-state index is -0.848. The zero-order chi connectivity index (χ0) is 23.7. The largest absolute Gasteiger partial charge is 0.481 e. The number of carboxylic acid groups (broad SMARTS) is 2. The first-order valence-corrected chi connectivity index (χ1v) is 10.6. The number of aryl methyl sites for hydroxylation is 3. The average molecular weight is 433 g/mol. The maximum absolute atomic E-state index is 11.2. The lowest BCUT2D eigenvalue weighted by molar-refractivity contribution is -0.148. The van der Waals surface area contributed by atoms with Crippen molar-refractivity contribution in [2.24, 2.45) is 10.8 Å². The summed E-state index contributed by atoms with van der Waals surface area (Å²) in [5, 5.41) is 18.4. The lowest BCUT2D eigenvalue weighted by Crippen LogP contribution is -2.25. The molecule has 0 aliphatic rings. The van der Waals surface area contributed by atoms with Crippen molar-refractivity contribution in [3.05, 3.63) is 60.5 Å². The smallest absolute Gasteiger partial charge is 0.309 e. The molecule has 0 bridgehead atoms. The highest BCUT2D eigenvalue weighted by atomic mass is 16.4. The van der Waals surface area contributed by atoms with Crippen molar-refractivity contribution in [3.8, 4) is 0 Å². The number of hydrogen-bond donors (Lipinski definition) is 2. The van der Waals surface area contributed by atoms with Gasteiger partial charge in [-0.1, -0.05) is 0 Å². The molecule has 6 nitrogen and oxygen atoms in total. The Hall–Kier alpha value is -2.76. The van der Waals surface area contributed by atoms with Crippen LogP contribution >= 0.6 is 0 Å². The van der Waals surface area contributed by atoms with Gasteiger partial charge in [0.1, 0.15) is 23.0 Å². The summed E-state index contributed by atoms with van der Waals surface area (Å²) in [4.78, 5) is 22.4. The first-order chi connectivity index (χ1) is 14.5. The zero-order valence-corrected chi connectivity index (χ0v) is 19.2. The second kappa shape index (κ2) is 11.6. The molecule has 0 atom stereocenters. The number of furan rings is 2. The first kappa shape index (κ1) is 26.3. The number of aliphatic carboxylic acids is 2. The van der Waals surface area contributed by atoms with E-state index in [1.54, 1.807) is 27.7 Å². The first-order valence-electron chi connectivity index (χ1n) is 10.6. The van der Waals surface area contributed by atoms with Crippen molar-refractivity contribution in [3.63, 3.8) is 0 Å². The maximum Gasteiger partial charge on any atom is 0.309 e. The Bertz CT molecular complexity index is 840. The van der Waals surface area contributed by atoms with Crippen LogP contribution in [0.5, 0.6) is 0 Å². The summed E-state index contributed by atoms with van der Waals surface area (Å²) < 4.78 is 11.6. The van der Waals surface area contributed by atoms with Crippen molar-refractivity contribution in [2.45, 2.75) is 72.6 Å². The monoisotopic (exact) mass is 432 g/mol. The Balaban J connectivity index is 0.00000233. The maximum atomic E-state index is 11.2. The molecule has 0 saturated heterocycles. The van der Waals surface area contributed by atoms with Crippen LogP contribution < -0.4 is 0 Å². The van der Waals surface area contributed by atoms with E-state index in [2.05, 4.69) is 13.2 Å². The molecule has 31 heavy (non-hydrogen) atoms. The summed E-state index contributed by atoms with van der Waals surface area (Å²) in [6.07, 6.45) is 4.90. The lowest BCUT2D eigenvalue weighted by atomic mass is 9.87. The molecular weight excluding hydrogens is 396 g/mol. The van der Waals surface area contributed by atoms with Crippen LogP contribution in [-0.4, -0.2) is 22.2 Å². The highest BCUT2D eigenvalue weighted by Gasteiger charge is 2.29. The van der Waals surface area contributed by atoms with Crippen LogP contribution in [0.2, 0.25) is 0 Å². The van der Waals surface area contributed by atoms with Crippen molar-refractivity contribution in [1.29, 1.82) is 0 Å². The molecule has 0 spiro atoms. The van der Waals surface area contributed by atoms with Gasteiger partial charge < -0.3 is 19.0 Å². The Kier molecular flexibility index (Phi) is 9.82. The summed E-state index contributed by atoms with van der Waals surface area (Å²) in [5.41, 5.74) is -1.56. The summed E-state index contributed by atoms with van der Waals surface area (Å²) in [6.45, 7) is 12.9. The normalized spacial score (nSPS) is 11.6. The SMILES string of the molecule is C=C.CC(C)(CCCc1ccc(CCCc2ccc(CC(C)(C)C(=O)O)o2)o1)C(=O)O. The minimum absolute atomic E-state index is 0.364. The van der Waals surface area contributed by atoms with Gasteiger partial charge in [0.2, 0.25) is 0 Å². The van der Waals surface area contributed by atoms with Crippen LogP contribution in [0.3, 0.4) is 0 Å². The fourth-order valence-electron chi connectivity index (χ4n) is 3.10. The molecule has 0 aliphatic carbocycles. The molecule has 0 fully saturated rings. The van der Waals surface area contributed by atoms with Crippen LogP contribution in [0.1, 0.15) is 70.0 Å². The highest BCUT2D eigenvalue weighted by Crippen LogP contribution is 2.25. The topological polar surface area (TPSA) is 101 Å². The summed E-state index contributed by atoms with van der Waals surface area (Å²) in [6, 6.07) is 7.69. The molecule has 0 aliphatic heterocycles. The lowest BCUT2D eigenvalue weighted by Gasteiger charge is -2.18. The standard InChI is InChI=1S/C23H32O6.C2H4/c1-22(2,20(24)25)14-6-9-18-11-10-16(28-18)7-5-8-17-12-13-19(29-17)15-23(3,4)21(26)27;1-2/h10-13H,5-9,14-15H2,1-4H3,(H,24,25)(H,26,27);1-2H2. The van der Waals surface area contributed by atoms with Gasteiger partial charge in [0.25, 0.3) is 0 Å². The van der Waals surface area contributed by atoms with Crippen LogP contribution in [0.15, 0.2) is 46.3 Å². The Morgan fingerprint density at radius 1 is 0.742 bits per heavy atom. The molecule has 0 aromatic carbocycles. The molecule has 0 saturated carbocycles. The Morgan fingerprint density at radius 3 is 1.58 bits per heavy atom. The molecule has 2 rings (SSSR count). The van der Waals surface area contributed by atoms with Crippen molar-refractivity contribution >= 4 is 11.9 Å². The van der Waals surface area contributed by atoms with E-state index in [1.807, 2.05) is 24.3 Å². The van der Waals surface area contributed by atoms with E-state index in [-0.39, 0.29) is 0 Å². The van der Waals surface area contributed by atoms with E-state index >= 15 is 0 Å². The summed E-state index contributed by atoms with van der Waals surface area (Å²) in [7, 11) is 0. The van der Waals surface area contributed by atoms with Crippen LogP contribution in [0.25, 0.3) is 0 Å². The van der Waals surface area contributed by atoms with Crippen LogP contribution in [0.4, 0.5) is 0 Å². The molecule has 6 heteroatoms. The third-order valence-electron chi connectivity index (χ3n) is 5.28. The molecule has 2 aromatic heterocycles. The molecule has 0 unspecified atom stereocenters. The van der Waals surface area contributed by atoms with Gasteiger partial charge in [-0.15, -0.1) is 13.2 Å². The van der Waals surface area contributed by atoms with E-state index in [1.165, 1.54) is 0 Å². The van der Waals surface area contributed by atoms with Gasteiger partial charge in [0.15, 0.2) is 0 Å². The quantitative estimate of drug-likeness (QED) is 0.403. The Morgan fingerprint density at radius 2 is 1.13 bits per heavy atom. The molecule has 2 heterocycles. The van der Waals surface area contributed by atoms with Crippen molar-refractivity contribution in [2.75, 3.05) is 0 Å². The van der Waals surface area contributed by atoms with Gasteiger partial charge in [-0.3, -0.25) is 9.59 Å². The molecule has 172 valence electrons. The van der Waals surface area contributed by atoms with Crippen molar-refractivity contribution < 1.29 is 28.6 Å². The molecule has 2 aromatic rings. The molecular formula is C25H36O6. The van der Waals surface area contributed by atoms with Crippen LogP contribution in [0, 0.1) is 10.8 Å². The molecule has 2 N–H and O–H groups in total. The van der Waals surface area contributed by atoms with Crippen LogP contribution in [-0.2, 0) is 35.3 Å². The summed E-state index contributed by atoms with van der Waals surface area (Å²) in [5.74, 6) is 1.73. The zero-order valence-electron chi connectivity index (χ0n) is 19.2. The molecule has 0 radical (unpaired) electrons. The average Bonchev–Trinajstić information content (AvgIpc) is 3.32. The fraction of sp³-hybridized carbons (Fsp3) is 0.520. The Labute approximate surface area is 185 Å². The second-order valence-electron chi connectivity index (χ2n) is 9.00. The predicted molar refractivity (Wildman–Crippen MR) is 120 cm³/mol. The fourth-order valence-corrected chi connectivity index (χ4v) is 3.10. The minimum Gasteiger partial charge on any atom is -0.481 e. The van der Waals surface area contributed by atoms with E-state index in [0.717, 1.165) is 49.4 Å². The third kappa shape index (κ3) is 8.48. The van der Waals surface area contributed by atoms with Gasteiger partial charge in [-0.2, -0.15) is 0 Å². The number of hydrogen-bond acceptors (Lipinski definition) is 4. The molecule has 0 amide bonds. The van der Waals surface area contributed by atoms with Gasteiger partial charge in [0, 0.05) is 25.7 Å². The van der Waals surface area contributed by atoms with E-state index in [0.29, 0.717) is 18.6 Å². The van der Waals surface area contributed by atoms with E-state index in [4.69, 9.17) is 13.9 Å². The van der Waals surface area contributed by atoms with E-state index < -0.39 is 22.8 Å². The summed E-state index contributed by atoms with van der Waals surface area (Å²) >= 11 is 0. The van der Waals surface area contributed by atoms with Crippen molar-refractivity contribution in [1.82, 2.24) is 0 Å². The highest BCUT2D eigenvalue weighted by molar-refractivity contribution is 5.74. The number of carboxylic acids is 2. The van der Waals surface area contributed by atoms with E-state index in [9.17, 15) is 14.7 Å².